The van der Waals surface area contributed by atoms with Crippen LogP contribution in [0, 0.1) is 5.92 Å². The summed E-state index contributed by atoms with van der Waals surface area (Å²) in [7, 11) is -4.77. The molecule has 1 fully saturated rings. The summed E-state index contributed by atoms with van der Waals surface area (Å²) >= 11 is 0. The number of allylic oxidation sites excluding steroid dienone is 5. The van der Waals surface area contributed by atoms with Crippen LogP contribution < -0.4 is 0 Å². The molecule has 0 aromatic carbocycles. The number of unbranched alkanes of at least 4 members (excludes halogenated alkanes) is 17. The van der Waals surface area contributed by atoms with Crippen LogP contribution in [0.4, 0.5) is 0 Å². The molecule has 314 valence electrons. The van der Waals surface area contributed by atoms with Crippen LogP contribution in [-0.2, 0) is 32.9 Å². The van der Waals surface area contributed by atoms with Gasteiger partial charge in [-0.25, -0.2) is 4.57 Å². The maximum absolute atomic E-state index is 12.4. The summed E-state index contributed by atoms with van der Waals surface area (Å²) in [4.78, 5) is 43.0. The molecule has 2 N–H and O–H groups in total. The first-order valence-electron chi connectivity index (χ1n) is 21.8. The van der Waals surface area contributed by atoms with E-state index in [1.165, 1.54) is 103 Å². The van der Waals surface area contributed by atoms with Gasteiger partial charge in [0, 0.05) is 12.8 Å². The smallest absolute Gasteiger partial charge is 0.462 e. The summed E-state index contributed by atoms with van der Waals surface area (Å²) in [6.45, 7) is 5.95. The molecule has 0 aromatic heterocycles. The Kier molecular flexibility index (Phi) is 32.1. The van der Waals surface area contributed by atoms with Crippen molar-refractivity contribution in [3.8, 4) is 0 Å². The third-order valence-electron chi connectivity index (χ3n) is 9.76. The highest BCUT2D eigenvalue weighted by molar-refractivity contribution is 7.46. The van der Waals surface area contributed by atoms with Crippen molar-refractivity contribution >= 4 is 19.8 Å². The summed E-state index contributed by atoms with van der Waals surface area (Å²) in [5.41, 5.74) is 0. The van der Waals surface area contributed by atoms with E-state index in [1.807, 2.05) is 0 Å². The molecule has 1 saturated heterocycles. The van der Waals surface area contributed by atoms with Gasteiger partial charge in [-0.05, 0) is 57.3 Å². The van der Waals surface area contributed by atoms with Crippen molar-refractivity contribution in [1.29, 1.82) is 0 Å². The number of esters is 2. The molecule has 1 rings (SSSR count). The fourth-order valence-corrected chi connectivity index (χ4v) is 6.77. The van der Waals surface area contributed by atoms with E-state index in [1.54, 1.807) is 0 Å². The lowest BCUT2D eigenvalue weighted by atomic mass is 10.0. The lowest BCUT2D eigenvalue weighted by Crippen LogP contribution is -2.29. The van der Waals surface area contributed by atoms with Crippen molar-refractivity contribution in [2.45, 2.75) is 212 Å². The van der Waals surface area contributed by atoms with E-state index in [-0.39, 0.29) is 31.7 Å². The lowest BCUT2D eigenvalue weighted by Gasteiger charge is -2.18. The van der Waals surface area contributed by atoms with Crippen LogP contribution in [0.3, 0.4) is 0 Å². The number of ether oxygens (including phenoxy) is 3. The third-order valence-corrected chi connectivity index (χ3v) is 10.2. The van der Waals surface area contributed by atoms with E-state index >= 15 is 0 Å². The van der Waals surface area contributed by atoms with Crippen molar-refractivity contribution in [2.75, 3.05) is 13.2 Å². The molecule has 1 aliphatic heterocycles. The minimum Gasteiger partial charge on any atom is -0.462 e. The van der Waals surface area contributed by atoms with Crippen LogP contribution in [0.25, 0.3) is 0 Å². The van der Waals surface area contributed by atoms with Gasteiger partial charge in [0.05, 0.1) is 18.8 Å². The number of carbonyl (C=O) groups is 2. The van der Waals surface area contributed by atoms with Crippen molar-refractivity contribution in [2.24, 2.45) is 5.92 Å². The van der Waals surface area contributed by atoms with Crippen molar-refractivity contribution in [1.82, 2.24) is 0 Å². The van der Waals surface area contributed by atoms with E-state index in [2.05, 4.69) is 61.8 Å². The molecule has 0 aromatic rings. The van der Waals surface area contributed by atoms with Crippen LogP contribution >= 0.6 is 7.82 Å². The Bertz CT molecular complexity index is 1050. The molecule has 3 atom stereocenters. The predicted molar refractivity (Wildman–Crippen MR) is 220 cm³/mol. The van der Waals surface area contributed by atoms with Crippen LogP contribution in [0.1, 0.15) is 194 Å². The second-order valence-electron chi connectivity index (χ2n) is 15.5. The highest BCUT2D eigenvalue weighted by Crippen LogP contribution is 2.36. The molecular weight excluding hydrogens is 703 g/mol. The normalized spacial score (nSPS) is 16.6. The summed E-state index contributed by atoms with van der Waals surface area (Å²) in [5, 5.41) is 0. The second kappa shape index (κ2) is 34.5. The standard InChI is InChI=1S/C44H79O9P/c1-4-5-6-7-8-9-10-17-20-23-26-29-33-41-42(53-41)34-31-36-43(45)50-37-40(38-51-54(47,48)49)52-44(46)35-30-27-24-21-18-15-13-11-12-14-16-19-22-25-28-32-39(2)3/h8-9,17,20,26,29,39-42H,4-7,10-16,18-19,21-25,27-28,30-38H2,1-3H3,(H2,47,48,49)/b9-8-,20-17-,29-26-/t40-,41?,42?/m1/s1. The molecule has 0 spiro atoms. The van der Waals surface area contributed by atoms with Gasteiger partial charge in [-0.2, -0.15) is 0 Å². The Morgan fingerprint density at radius 3 is 1.76 bits per heavy atom. The van der Waals surface area contributed by atoms with Gasteiger partial charge in [-0.3, -0.25) is 14.1 Å². The Morgan fingerprint density at radius 1 is 0.648 bits per heavy atom. The van der Waals surface area contributed by atoms with Gasteiger partial charge in [0.25, 0.3) is 0 Å². The fraction of sp³-hybridized carbons (Fsp3) is 0.818. The quantitative estimate of drug-likeness (QED) is 0.0206. The van der Waals surface area contributed by atoms with E-state index < -0.39 is 32.5 Å². The molecule has 0 saturated carbocycles. The van der Waals surface area contributed by atoms with E-state index in [0.717, 1.165) is 50.9 Å². The first kappa shape index (κ1) is 50.2. The summed E-state index contributed by atoms with van der Waals surface area (Å²) in [6, 6.07) is 0. The number of carbonyl (C=O) groups excluding carboxylic acids is 2. The molecule has 0 radical (unpaired) electrons. The van der Waals surface area contributed by atoms with E-state index in [4.69, 9.17) is 24.0 Å². The highest BCUT2D eigenvalue weighted by atomic mass is 31.2. The first-order valence-corrected chi connectivity index (χ1v) is 23.3. The summed E-state index contributed by atoms with van der Waals surface area (Å²) in [5.74, 6) is -0.124. The molecule has 9 nitrogen and oxygen atoms in total. The van der Waals surface area contributed by atoms with Crippen LogP contribution in [0.2, 0.25) is 0 Å². The number of phosphoric ester groups is 1. The third kappa shape index (κ3) is 34.7. The maximum Gasteiger partial charge on any atom is 0.469 e. The Labute approximate surface area is 329 Å². The molecule has 1 aliphatic rings. The molecule has 2 unspecified atom stereocenters. The zero-order valence-electron chi connectivity index (χ0n) is 34.5. The number of hydrogen-bond acceptors (Lipinski definition) is 7. The number of rotatable bonds is 38. The van der Waals surface area contributed by atoms with Crippen LogP contribution in [-0.4, -0.2) is 53.3 Å². The minimum absolute atomic E-state index is 0.139. The first-order chi connectivity index (χ1) is 26.1. The summed E-state index contributed by atoms with van der Waals surface area (Å²) in [6.07, 6.45) is 41.7. The Hall–Kier alpha value is -1.77. The molecule has 1 heterocycles. The molecule has 54 heavy (non-hydrogen) atoms. The second-order valence-corrected chi connectivity index (χ2v) is 16.8. The monoisotopic (exact) mass is 783 g/mol. The van der Waals surface area contributed by atoms with E-state index in [9.17, 15) is 14.2 Å². The van der Waals surface area contributed by atoms with Crippen LogP contribution in [0.5, 0.6) is 0 Å². The van der Waals surface area contributed by atoms with Gasteiger partial charge < -0.3 is 24.0 Å². The predicted octanol–water partition coefficient (Wildman–Crippen LogP) is 12.2. The van der Waals surface area contributed by atoms with Crippen molar-refractivity contribution < 1.29 is 42.7 Å². The average molecular weight is 783 g/mol. The molecule has 0 bridgehead atoms. The average Bonchev–Trinajstić information content (AvgIpc) is 3.88. The van der Waals surface area contributed by atoms with Gasteiger partial charge in [0.1, 0.15) is 6.61 Å². The summed E-state index contributed by atoms with van der Waals surface area (Å²) < 4.78 is 32.2. The lowest BCUT2D eigenvalue weighted by molar-refractivity contribution is -0.161. The van der Waals surface area contributed by atoms with Gasteiger partial charge in [0.2, 0.25) is 0 Å². The number of epoxide rings is 1. The van der Waals surface area contributed by atoms with Gasteiger partial charge in [-0.1, -0.05) is 166 Å². The topological polar surface area (TPSA) is 132 Å². The highest BCUT2D eigenvalue weighted by Gasteiger charge is 2.36. The molecule has 0 amide bonds. The van der Waals surface area contributed by atoms with Crippen molar-refractivity contribution in [3.05, 3.63) is 36.5 Å². The molecular formula is C44H79O9P. The van der Waals surface area contributed by atoms with Gasteiger partial charge in [-0.15, -0.1) is 0 Å². The largest absolute Gasteiger partial charge is 0.469 e. The Balaban J connectivity index is 2.09. The Morgan fingerprint density at radius 2 is 1.19 bits per heavy atom. The number of hydrogen-bond donors (Lipinski definition) is 2. The maximum atomic E-state index is 12.4. The number of phosphoric acid groups is 1. The minimum atomic E-state index is -4.77. The molecule has 0 aliphatic carbocycles. The zero-order valence-corrected chi connectivity index (χ0v) is 35.4. The van der Waals surface area contributed by atoms with Gasteiger partial charge in [0.15, 0.2) is 6.10 Å². The van der Waals surface area contributed by atoms with Gasteiger partial charge >= 0.3 is 19.8 Å². The zero-order chi connectivity index (χ0) is 39.5. The fourth-order valence-electron chi connectivity index (χ4n) is 6.41. The molecule has 10 heteroatoms. The SMILES string of the molecule is CCCCC/C=C\C/C=C\C/C=C\CC1OC1CCCC(=O)OC[C@H](COP(=O)(O)O)OC(=O)CCCCCCCCCCCCCCCCCC(C)C. The van der Waals surface area contributed by atoms with E-state index in [0.29, 0.717) is 12.8 Å². The van der Waals surface area contributed by atoms with Crippen LogP contribution in [0.15, 0.2) is 36.5 Å². The van der Waals surface area contributed by atoms with Crippen molar-refractivity contribution in [3.63, 3.8) is 0 Å².